The van der Waals surface area contributed by atoms with Crippen molar-refractivity contribution in [1.29, 1.82) is 0 Å². The van der Waals surface area contributed by atoms with E-state index in [1.54, 1.807) is 0 Å². The number of thiol groups is 2. The van der Waals surface area contributed by atoms with E-state index < -0.39 is 29.8 Å². The summed E-state index contributed by atoms with van der Waals surface area (Å²) in [5, 5.41) is 11.0. The predicted octanol–water partition coefficient (Wildman–Crippen LogP) is -0.405. The Balaban J connectivity index is 4.43. The van der Waals surface area contributed by atoms with Crippen molar-refractivity contribution in [1.82, 2.24) is 5.32 Å². The van der Waals surface area contributed by atoms with Gasteiger partial charge in [0, 0.05) is 11.5 Å². The summed E-state index contributed by atoms with van der Waals surface area (Å²) in [7, 11) is 1.21. The van der Waals surface area contributed by atoms with Gasteiger partial charge in [-0.15, -0.1) is 0 Å². The molecule has 0 aromatic heterocycles. The van der Waals surface area contributed by atoms with E-state index in [0.717, 1.165) is 0 Å². The van der Waals surface area contributed by atoms with Gasteiger partial charge in [0.25, 0.3) is 0 Å². The van der Waals surface area contributed by atoms with Gasteiger partial charge in [-0.25, -0.2) is 4.79 Å². The average Bonchev–Trinajstić information content (AvgIpc) is 2.31. The van der Waals surface area contributed by atoms with E-state index in [-0.39, 0.29) is 17.9 Å². The van der Waals surface area contributed by atoms with Crippen molar-refractivity contribution in [3.63, 3.8) is 0 Å². The van der Waals surface area contributed by atoms with Crippen LogP contribution in [0.1, 0.15) is 6.42 Å². The summed E-state index contributed by atoms with van der Waals surface area (Å²) in [5.74, 6) is -2.89. The topological polar surface area (TPSA) is 92.7 Å². The molecule has 8 heteroatoms. The molecule has 0 aliphatic carbocycles. The molecule has 0 saturated heterocycles. The van der Waals surface area contributed by atoms with Crippen LogP contribution in [0.3, 0.4) is 0 Å². The predicted molar refractivity (Wildman–Crippen MR) is 67.4 cm³/mol. The Morgan fingerprint density at radius 3 is 2.24 bits per heavy atom. The summed E-state index contributed by atoms with van der Waals surface area (Å²) < 4.78 is 4.43. The van der Waals surface area contributed by atoms with Gasteiger partial charge in [-0.1, -0.05) is 0 Å². The number of hydrogen-bond acceptors (Lipinski definition) is 6. The van der Waals surface area contributed by atoms with Crippen LogP contribution in [0.25, 0.3) is 0 Å². The maximum Gasteiger partial charge on any atom is 0.327 e. The van der Waals surface area contributed by atoms with E-state index in [0.29, 0.717) is 0 Å². The van der Waals surface area contributed by atoms with Crippen LogP contribution in [0.2, 0.25) is 0 Å². The molecular weight excluding hydrogens is 266 g/mol. The van der Waals surface area contributed by atoms with Gasteiger partial charge in [0.1, 0.15) is 6.04 Å². The van der Waals surface area contributed by atoms with E-state index in [1.165, 1.54) is 7.11 Å². The Kier molecular flexibility index (Phi) is 7.81. The van der Waals surface area contributed by atoms with Gasteiger partial charge in [-0.3, -0.25) is 9.59 Å². The molecule has 0 rings (SSSR count). The molecule has 0 aliphatic rings. The smallest absolute Gasteiger partial charge is 0.327 e. The Morgan fingerprint density at radius 1 is 1.29 bits per heavy atom. The first kappa shape index (κ1) is 16.1. The molecule has 98 valence electrons. The molecule has 0 fully saturated rings. The lowest BCUT2D eigenvalue weighted by molar-refractivity contribution is -0.144. The van der Waals surface area contributed by atoms with Crippen molar-refractivity contribution in [2.45, 2.75) is 12.5 Å². The Bertz CT molecular complexity index is 297. The van der Waals surface area contributed by atoms with Gasteiger partial charge in [0.2, 0.25) is 5.91 Å². The van der Waals surface area contributed by atoms with Crippen molar-refractivity contribution >= 4 is 43.1 Å². The van der Waals surface area contributed by atoms with Crippen LogP contribution >= 0.6 is 25.3 Å². The minimum Gasteiger partial charge on any atom is -0.480 e. The number of carboxylic acid groups (broad SMARTS) is 1. The number of carboxylic acids is 1. The zero-order valence-corrected chi connectivity index (χ0v) is 11.0. The van der Waals surface area contributed by atoms with E-state index >= 15 is 0 Å². The van der Waals surface area contributed by atoms with Crippen LogP contribution in [-0.4, -0.2) is 47.6 Å². The molecule has 1 unspecified atom stereocenters. The van der Waals surface area contributed by atoms with E-state index in [2.05, 4.69) is 35.3 Å². The Labute approximate surface area is 110 Å². The summed E-state index contributed by atoms with van der Waals surface area (Å²) in [6, 6.07) is -1.08. The monoisotopic (exact) mass is 281 g/mol. The molecule has 1 amide bonds. The van der Waals surface area contributed by atoms with E-state index in [9.17, 15) is 14.4 Å². The molecule has 0 saturated carbocycles. The molecular formula is C9H15NO5S2. The molecule has 0 radical (unpaired) electrons. The van der Waals surface area contributed by atoms with Gasteiger partial charge >= 0.3 is 11.9 Å². The molecule has 0 aliphatic heterocycles. The van der Waals surface area contributed by atoms with Crippen LogP contribution in [0.15, 0.2) is 0 Å². The third kappa shape index (κ3) is 5.83. The number of nitrogens with one attached hydrogen (secondary N) is 1. The first-order valence-electron chi connectivity index (χ1n) is 4.78. The third-order valence-electron chi connectivity index (χ3n) is 2.03. The second-order valence-corrected chi connectivity index (χ2v) is 3.97. The van der Waals surface area contributed by atoms with Crippen molar-refractivity contribution in [3.8, 4) is 0 Å². The zero-order chi connectivity index (χ0) is 13.4. The number of esters is 1. The highest BCUT2D eigenvalue weighted by Gasteiger charge is 2.25. The van der Waals surface area contributed by atoms with Crippen molar-refractivity contribution in [2.24, 2.45) is 5.92 Å². The molecule has 0 aromatic rings. The molecule has 6 nitrogen and oxygen atoms in total. The summed E-state index contributed by atoms with van der Waals surface area (Å²) in [6.45, 7) is 0. The molecule has 2 N–H and O–H groups in total. The molecule has 17 heavy (non-hydrogen) atoms. The van der Waals surface area contributed by atoms with Gasteiger partial charge in [-0.05, 0) is 0 Å². The second kappa shape index (κ2) is 8.24. The number of aliphatic carboxylic acids is 1. The largest absolute Gasteiger partial charge is 0.480 e. The number of carbonyl (C=O) groups is 3. The van der Waals surface area contributed by atoms with Gasteiger partial charge in [0.05, 0.1) is 19.4 Å². The highest BCUT2D eigenvalue weighted by Crippen LogP contribution is 2.07. The number of carbonyl (C=O) groups excluding carboxylic acids is 2. The molecule has 2 atom stereocenters. The Morgan fingerprint density at radius 2 is 1.88 bits per heavy atom. The number of rotatable bonds is 7. The number of ether oxygens (including phenoxy) is 1. The fourth-order valence-electron chi connectivity index (χ4n) is 1.000. The molecule has 0 spiro atoms. The van der Waals surface area contributed by atoms with Crippen molar-refractivity contribution in [3.05, 3.63) is 0 Å². The summed E-state index contributed by atoms with van der Waals surface area (Å²) in [5.41, 5.74) is 0. The Hall–Kier alpha value is -0.890. The van der Waals surface area contributed by atoms with Crippen molar-refractivity contribution in [2.75, 3.05) is 18.6 Å². The molecule has 0 heterocycles. The lowest BCUT2D eigenvalue weighted by Gasteiger charge is -2.17. The summed E-state index contributed by atoms with van der Waals surface area (Å²) in [6.07, 6.45) is -0.134. The van der Waals surface area contributed by atoms with Crippen LogP contribution in [0, 0.1) is 5.92 Å². The fraction of sp³-hybridized carbons (Fsp3) is 0.667. The summed E-state index contributed by atoms with van der Waals surface area (Å²) in [4.78, 5) is 33.3. The van der Waals surface area contributed by atoms with E-state index in [1.807, 2.05) is 0 Å². The lowest BCUT2D eigenvalue weighted by atomic mass is 10.1. The fourth-order valence-corrected chi connectivity index (χ4v) is 1.54. The normalized spacial score (nSPS) is 13.6. The number of amides is 1. The summed E-state index contributed by atoms with van der Waals surface area (Å²) >= 11 is 7.75. The molecule has 0 aromatic carbocycles. The standard InChI is InChI=1S/C9H15NO5S2/c1-15-7(11)2-5(3-16)8(12)10-6(4-17)9(13)14/h5-6,16-17H,2-4H2,1H3,(H,10,12)(H,13,14)/t5?,6-/m0/s1. The zero-order valence-electron chi connectivity index (χ0n) is 9.25. The highest BCUT2D eigenvalue weighted by atomic mass is 32.1. The van der Waals surface area contributed by atoms with Crippen molar-refractivity contribution < 1.29 is 24.2 Å². The van der Waals surface area contributed by atoms with Gasteiger partial charge < -0.3 is 15.2 Å². The number of hydrogen-bond donors (Lipinski definition) is 4. The van der Waals surface area contributed by atoms with E-state index in [4.69, 9.17) is 5.11 Å². The first-order chi connectivity index (χ1) is 7.96. The van der Waals surface area contributed by atoms with Crippen LogP contribution in [0.4, 0.5) is 0 Å². The minimum atomic E-state index is -1.18. The maximum absolute atomic E-state index is 11.6. The number of methoxy groups -OCH3 is 1. The third-order valence-corrected chi connectivity index (χ3v) is 2.83. The first-order valence-corrected chi connectivity index (χ1v) is 6.04. The minimum absolute atomic E-state index is 0.0292. The van der Waals surface area contributed by atoms with Crippen LogP contribution in [0.5, 0.6) is 0 Å². The average molecular weight is 281 g/mol. The maximum atomic E-state index is 11.6. The SMILES string of the molecule is COC(=O)CC(CS)C(=O)N[C@@H](CS)C(=O)O. The second-order valence-electron chi connectivity index (χ2n) is 3.24. The van der Waals surface area contributed by atoms with Gasteiger partial charge in [0.15, 0.2) is 0 Å². The lowest BCUT2D eigenvalue weighted by Crippen LogP contribution is -2.45. The van der Waals surface area contributed by atoms with Crippen LogP contribution in [-0.2, 0) is 19.1 Å². The highest BCUT2D eigenvalue weighted by molar-refractivity contribution is 7.80. The molecule has 0 bridgehead atoms. The van der Waals surface area contributed by atoms with Crippen LogP contribution < -0.4 is 5.32 Å². The quantitative estimate of drug-likeness (QED) is 0.376. The van der Waals surface area contributed by atoms with Gasteiger partial charge in [-0.2, -0.15) is 25.3 Å².